The van der Waals surface area contributed by atoms with Crippen molar-refractivity contribution in [3.8, 4) is 22.5 Å². The van der Waals surface area contributed by atoms with Gasteiger partial charge in [-0.2, -0.15) is 11.8 Å². The molecule has 0 saturated carbocycles. The number of carboxylic acid groups (broad SMARTS) is 1. The van der Waals surface area contributed by atoms with Crippen molar-refractivity contribution in [2.75, 3.05) is 12.0 Å². The number of carboxylic acids is 1. The fourth-order valence-corrected chi connectivity index (χ4v) is 5.09. The van der Waals surface area contributed by atoms with Gasteiger partial charge in [0, 0.05) is 11.1 Å². The molecule has 3 aromatic carbocycles. The molecule has 0 fully saturated rings. The quantitative estimate of drug-likeness (QED) is 0.165. The van der Waals surface area contributed by atoms with Crippen molar-refractivity contribution < 1.29 is 23.8 Å². The van der Waals surface area contributed by atoms with Gasteiger partial charge in [-0.25, -0.2) is 4.79 Å². The van der Waals surface area contributed by atoms with Crippen LogP contribution in [0.25, 0.3) is 22.5 Å². The molecule has 216 valence electrons. The summed E-state index contributed by atoms with van der Waals surface area (Å²) in [4.78, 5) is 25.0. The number of amides is 1. The second kappa shape index (κ2) is 15.9. The Labute approximate surface area is 264 Å². The molecule has 1 amide bonds. The molecule has 0 aliphatic carbocycles. The molecule has 1 atom stereocenters. The molecule has 1 unspecified atom stereocenters. The zero-order valence-corrected chi connectivity index (χ0v) is 24.8. The first-order valence-electron chi connectivity index (χ1n) is 13.7. The maximum absolute atomic E-state index is 13.3. The van der Waals surface area contributed by atoms with Crippen molar-refractivity contribution in [2.45, 2.75) is 52.4 Å². The number of carbonyl (C=O) groups excluding carboxylic acids is 1. The Hall–Kier alpha value is -3.21. The first kappa shape index (κ1) is 33.3. The number of hydrogen-bond acceptors (Lipinski definition) is 5. The Morgan fingerprint density at radius 2 is 1.69 bits per heavy atom. The third-order valence-electron chi connectivity index (χ3n) is 7.01. The summed E-state index contributed by atoms with van der Waals surface area (Å²) in [5.74, 6) is 1.20. The number of thioether (sulfide) groups is 1. The number of aliphatic carboxylic acids is 1. The molecular formula is C34H38LiNO5S. The van der Waals surface area contributed by atoms with Crippen molar-refractivity contribution >= 4 is 42.5 Å². The van der Waals surface area contributed by atoms with E-state index in [0.29, 0.717) is 36.9 Å². The van der Waals surface area contributed by atoms with Crippen LogP contribution < -0.4 is 5.32 Å². The summed E-state index contributed by atoms with van der Waals surface area (Å²) in [5.41, 5.74) is 6.30. The topological polar surface area (TPSA) is 88.8 Å². The molecular weight excluding hydrogens is 541 g/mol. The van der Waals surface area contributed by atoms with E-state index in [9.17, 15) is 14.7 Å². The first-order valence-corrected chi connectivity index (χ1v) is 15.1. The number of aryl methyl sites for hydroxylation is 1. The molecule has 4 aromatic rings. The van der Waals surface area contributed by atoms with Crippen LogP contribution in [0, 0.1) is 6.92 Å². The summed E-state index contributed by atoms with van der Waals surface area (Å²) < 4.78 is 12.0. The van der Waals surface area contributed by atoms with Gasteiger partial charge in [-0.3, -0.25) is 4.79 Å². The van der Waals surface area contributed by atoms with E-state index in [4.69, 9.17) is 9.15 Å². The third kappa shape index (κ3) is 8.65. The van der Waals surface area contributed by atoms with Crippen LogP contribution in [0.15, 0.2) is 83.3 Å². The van der Waals surface area contributed by atoms with Crippen molar-refractivity contribution in [1.29, 1.82) is 0 Å². The van der Waals surface area contributed by atoms with Gasteiger partial charge in [0.15, 0.2) is 0 Å². The van der Waals surface area contributed by atoms with Crippen molar-refractivity contribution in [3.05, 3.63) is 107 Å². The third-order valence-corrected chi connectivity index (χ3v) is 7.66. The van der Waals surface area contributed by atoms with Crippen LogP contribution >= 0.6 is 11.8 Å². The van der Waals surface area contributed by atoms with Crippen LogP contribution in [0.5, 0.6) is 0 Å². The predicted octanol–water partition coefficient (Wildman–Crippen LogP) is 7.05. The van der Waals surface area contributed by atoms with Crippen LogP contribution in [-0.4, -0.2) is 53.9 Å². The molecule has 0 saturated heterocycles. The van der Waals surface area contributed by atoms with Gasteiger partial charge >= 0.3 is 24.8 Å². The van der Waals surface area contributed by atoms with Gasteiger partial charge in [-0.1, -0.05) is 68.4 Å². The van der Waals surface area contributed by atoms with Gasteiger partial charge in [-0.05, 0) is 83.4 Å². The van der Waals surface area contributed by atoms with Crippen LogP contribution in [0.2, 0.25) is 0 Å². The summed E-state index contributed by atoms with van der Waals surface area (Å²) in [7, 11) is 0. The minimum absolute atomic E-state index is 0. The molecule has 42 heavy (non-hydrogen) atoms. The van der Waals surface area contributed by atoms with Crippen LogP contribution in [-0.2, 0) is 22.7 Å². The fourth-order valence-electron chi connectivity index (χ4n) is 4.62. The number of ether oxygens (including phenoxy) is 1. The maximum atomic E-state index is 13.3. The minimum atomic E-state index is -1.04. The van der Waals surface area contributed by atoms with E-state index in [1.807, 2.05) is 61.7 Å². The molecule has 2 N–H and O–H groups in total. The molecule has 0 bridgehead atoms. The van der Waals surface area contributed by atoms with Crippen molar-refractivity contribution in [1.82, 2.24) is 5.32 Å². The molecule has 1 aromatic heterocycles. The van der Waals surface area contributed by atoms with E-state index in [2.05, 4.69) is 43.4 Å². The molecule has 8 heteroatoms. The molecule has 0 spiro atoms. The summed E-state index contributed by atoms with van der Waals surface area (Å²) in [6.07, 6.45) is 2.26. The number of benzene rings is 3. The average molecular weight is 580 g/mol. The molecule has 0 radical (unpaired) electrons. The van der Waals surface area contributed by atoms with Gasteiger partial charge in [0.25, 0.3) is 5.91 Å². The van der Waals surface area contributed by atoms with Crippen LogP contribution in [0.3, 0.4) is 0 Å². The van der Waals surface area contributed by atoms with Crippen LogP contribution in [0.4, 0.5) is 0 Å². The molecule has 1 heterocycles. The monoisotopic (exact) mass is 579 g/mol. The number of hydrogen-bond donors (Lipinski definition) is 2. The average Bonchev–Trinajstić information content (AvgIpc) is 3.44. The van der Waals surface area contributed by atoms with E-state index in [1.165, 1.54) is 5.56 Å². The van der Waals surface area contributed by atoms with E-state index in [0.717, 1.165) is 39.3 Å². The van der Waals surface area contributed by atoms with Gasteiger partial charge in [-0.15, -0.1) is 0 Å². The van der Waals surface area contributed by atoms with Crippen LogP contribution in [0.1, 0.15) is 59.0 Å². The van der Waals surface area contributed by atoms with E-state index in [-0.39, 0.29) is 18.9 Å². The van der Waals surface area contributed by atoms with Gasteiger partial charge < -0.3 is 19.6 Å². The molecule has 4 rings (SSSR count). The number of rotatable bonds is 13. The standard InChI is InChI=1S/C34H37NO5S.Li.H/c1-22(2)25-10-12-26(13-11-25)32-16-14-27(40-32)21-39-20-24-9-15-29(30(19-24)28-8-6-5-7-23(28)3)33(36)35-31(34(37)38)17-18-41-4;;/h5-16,19,22,31H,17-18,20-21H2,1-4H3,(H,35,36)(H,37,38);;. The Balaban J connectivity index is 0.00000484. The van der Waals surface area contributed by atoms with Gasteiger partial charge in [0.2, 0.25) is 0 Å². The summed E-state index contributed by atoms with van der Waals surface area (Å²) in [6.45, 7) is 6.97. The number of nitrogens with one attached hydrogen (secondary N) is 1. The number of carbonyl (C=O) groups is 2. The zero-order chi connectivity index (χ0) is 29.4. The van der Waals surface area contributed by atoms with Crippen molar-refractivity contribution in [3.63, 3.8) is 0 Å². The predicted molar refractivity (Wildman–Crippen MR) is 172 cm³/mol. The van der Waals surface area contributed by atoms with Gasteiger partial charge in [0.1, 0.15) is 24.2 Å². The number of furan rings is 1. The molecule has 0 aliphatic rings. The van der Waals surface area contributed by atoms with E-state index in [1.54, 1.807) is 17.8 Å². The zero-order valence-electron chi connectivity index (χ0n) is 24.0. The second-order valence-corrected chi connectivity index (χ2v) is 11.4. The first-order chi connectivity index (χ1) is 19.8. The second-order valence-electron chi connectivity index (χ2n) is 10.4. The summed E-state index contributed by atoms with van der Waals surface area (Å²) in [6, 6.07) is 24.7. The Morgan fingerprint density at radius 3 is 2.36 bits per heavy atom. The van der Waals surface area contributed by atoms with E-state index >= 15 is 0 Å². The molecule has 0 aliphatic heterocycles. The Bertz CT molecular complexity index is 1480. The Kier molecular flexibility index (Phi) is 12.6. The SMILES string of the molecule is CSCCC(NC(=O)c1ccc(COCc2ccc(-c3ccc(C(C)C)cc3)o2)cc1-c1ccccc1C)C(=O)O.[LiH]. The van der Waals surface area contributed by atoms with E-state index < -0.39 is 17.9 Å². The normalized spacial score (nSPS) is 11.6. The summed E-state index contributed by atoms with van der Waals surface area (Å²) >= 11 is 1.55. The molecule has 6 nitrogen and oxygen atoms in total. The fraction of sp³-hybridized carbons (Fsp3) is 0.294. The van der Waals surface area contributed by atoms with Gasteiger partial charge in [0.05, 0.1) is 6.61 Å². The van der Waals surface area contributed by atoms with Crippen molar-refractivity contribution in [2.24, 2.45) is 0 Å². The Morgan fingerprint density at radius 1 is 0.952 bits per heavy atom. The summed E-state index contributed by atoms with van der Waals surface area (Å²) in [5, 5.41) is 12.3.